The van der Waals surface area contributed by atoms with E-state index in [-0.39, 0.29) is 0 Å². The minimum atomic E-state index is 0.828. The fourth-order valence-corrected chi connectivity index (χ4v) is 2.39. The van der Waals surface area contributed by atoms with E-state index in [0.717, 1.165) is 42.3 Å². The lowest BCUT2D eigenvalue weighted by molar-refractivity contribution is 0.757. The molecule has 2 aromatic heterocycles. The molecule has 2 aromatic rings. The fraction of sp³-hybridized carbons (Fsp3) is 0.357. The van der Waals surface area contributed by atoms with Gasteiger partial charge in [0.25, 0.3) is 0 Å². The van der Waals surface area contributed by atoms with Crippen LogP contribution in [0.1, 0.15) is 29.4 Å². The summed E-state index contributed by atoms with van der Waals surface area (Å²) in [6, 6.07) is 2.00. The van der Waals surface area contributed by atoms with Crippen LogP contribution in [0.15, 0.2) is 18.5 Å². The largest absolute Gasteiger partial charge is 0.307 e. The van der Waals surface area contributed by atoms with Gasteiger partial charge in [-0.05, 0) is 25.0 Å². The lowest BCUT2D eigenvalue weighted by Gasteiger charge is -2.09. The zero-order valence-electron chi connectivity index (χ0n) is 10.7. The van der Waals surface area contributed by atoms with E-state index in [1.807, 2.05) is 12.3 Å². The number of hydrogen-bond acceptors (Lipinski definition) is 4. The van der Waals surface area contributed by atoms with Crippen LogP contribution in [0.25, 0.3) is 11.4 Å². The van der Waals surface area contributed by atoms with Crippen molar-refractivity contribution < 1.29 is 0 Å². The number of aryl methyl sites for hydroxylation is 2. The SMILES string of the molecule is CCc1cnccc1-c1nc(C)c2c(n1)CNC2. The molecule has 0 spiro atoms. The maximum Gasteiger partial charge on any atom is 0.160 e. The smallest absolute Gasteiger partial charge is 0.160 e. The predicted octanol–water partition coefficient (Wildman–Crippen LogP) is 2.01. The molecule has 92 valence electrons. The Kier molecular flexibility index (Phi) is 2.80. The Morgan fingerprint density at radius 2 is 2.17 bits per heavy atom. The highest BCUT2D eigenvalue weighted by Crippen LogP contribution is 2.24. The van der Waals surface area contributed by atoms with Crippen LogP contribution in [-0.2, 0) is 19.5 Å². The summed E-state index contributed by atoms with van der Waals surface area (Å²) in [5.74, 6) is 0.828. The van der Waals surface area contributed by atoms with Crippen molar-refractivity contribution in [2.45, 2.75) is 33.4 Å². The molecule has 0 unspecified atom stereocenters. The number of rotatable bonds is 2. The van der Waals surface area contributed by atoms with Crippen LogP contribution in [0.4, 0.5) is 0 Å². The number of fused-ring (bicyclic) bond motifs is 1. The molecule has 0 aromatic carbocycles. The van der Waals surface area contributed by atoms with Gasteiger partial charge in [0.2, 0.25) is 0 Å². The summed E-state index contributed by atoms with van der Waals surface area (Å²) in [4.78, 5) is 13.5. The van der Waals surface area contributed by atoms with Crippen LogP contribution < -0.4 is 5.32 Å². The van der Waals surface area contributed by atoms with Crippen LogP contribution in [0.2, 0.25) is 0 Å². The average molecular weight is 240 g/mol. The second-order valence-electron chi connectivity index (χ2n) is 4.55. The van der Waals surface area contributed by atoms with Gasteiger partial charge in [-0.15, -0.1) is 0 Å². The third-order valence-electron chi connectivity index (χ3n) is 3.42. The van der Waals surface area contributed by atoms with E-state index in [0.29, 0.717) is 0 Å². The van der Waals surface area contributed by atoms with Gasteiger partial charge in [0.1, 0.15) is 0 Å². The normalized spacial score (nSPS) is 13.7. The van der Waals surface area contributed by atoms with Gasteiger partial charge >= 0.3 is 0 Å². The van der Waals surface area contributed by atoms with Crippen LogP contribution in [0.3, 0.4) is 0 Å². The molecule has 3 heterocycles. The lowest BCUT2D eigenvalue weighted by Crippen LogP contribution is -2.01. The quantitative estimate of drug-likeness (QED) is 0.872. The number of pyridine rings is 1. The van der Waals surface area contributed by atoms with Crippen molar-refractivity contribution in [3.05, 3.63) is 41.0 Å². The highest BCUT2D eigenvalue weighted by atomic mass is 15.0. The topological polar surface area (TPSA) is 50.7 Å². The molecular weight excluding hydrogens is 224 g/mol. The first-order chi connectivity index (χ1) is 8.79. The van der Waals surface area contributed by atoms with E-state index in [4.69, 9.17) is 4.98 Å². The van der Waals surface area contributed by atoms with Gasteiger partial charge in [-0.3, -0.25) is 4.98 Å². The highest BCUT2D eigenvalue weighted by Gasteiger charge is 2.17. The second-order valence-corrected chi connectivity index (χ2v) is 4.55. The van der Waals surface area contributed by atoms with E-state index < -0.39 is 0 Å². The van der Waals surface area contributed by atoms with Crippen LogP contribution in [0, 0.1) is 6.92 Å². The Hall–Kier alpha value is -1.81. The average Bonchev–Trinajstić information content (AvgIpc) is 2.87. The Balaban J connectivity index is 2.15. The minimum absolute atomic E-state index is 0.828. The van der Waals surface area contributed by atoms with E-state index in [1.165, 1.54) is 11.1 Å². The maximum atomic E-state index is 4.69. The molecule has 0 saturated heterocycles. The van der Waals surface area contributed by atoms with Gasteiger partial charge in [-0.2, -0.15) is 0 Å². The van der Waals surface area contributed by atoms with Crippen molar-refractivity contribution in [3.63, 3.8) is 0 Å². The Labute approximate surface area is 107 Å². The molecule has 0 fully saturated rings. The second kappa shape index (κ2) is 4.46. The third-order valence-corrected chi connectivity index (χ3v) is 3.42. The van der Waals surface area contributed by atoms with E-state index in [9.17, 15) is 0 Å². The van der Waals surface area contributed by atoms with Gasteiger partial charge in [0.05, 0.1) is 5.69 Å². The molecule has 3 rings (SSSR count). The van der Waals surface area contributed by atoms with Gasteiger partial charge in [0.15, 0.2) is 5.82 Å². The van der Waals surface area contributed by atoms with Gasteiger partial charge in [-0.1, -0.05) is 6.92 Å². The monoisotopic (exact) mass is 240 g/mol. The summed E-state index contributed by atoms with van der Waals surface area (Å²) in [6.45, 7) is 5.92. The van der Waals surface area contributed by atoms with Gasteiger partial charge < -0.3 is 5.32 Å². The summed E-state index contributed by atoms with van der Waals surface area (Å²) < 4.78 is 0. The number of hydrogen-bond donors (Lipinski definition) is 1. The lowest BCUT2D eigenvalue weighted by atomic mass is 10.1. The first-order valence-electron chi connectivity index (χ1n) is 6.30. The molecule has 0 radical (unpaired) electrons. The molecule has 0 atom stereocenters. The standard InChI is InChI=1S/C14H16N4/c1-3-10-6-15-5-4-11(10)14-17-9(2)12-7-16-8-13(12)18-14/h4-6,16H,3,7-8H2,1-2H3. The molecule has 18 heavy (non-hydrogen) atoms. The van der Waals surface area contributed by atoms with Crippen LogP contribution in [-0.4, -0.2) is 15.0 Å². The number of nitrogens with zero attached hydrogens (tertiary/aromatic N) is 3. The number of aromatic nitrogens is 3. The van der Waals surface area contributed by atoms with E-state index >= 15 is 0 Å². The molecule has 1 aliphatic rings. The summed E-state index contributed by atoms with van der Waals surface area (Å²) in [5.41, 5.74) is 5.77. The summed E-state index contributed by atoms with van der Waals surface area (Å²) in [7, 11) is 0. The molecule has 1 N–H and O–H groups in total. The van der Waals surface area contributed by atoms with Crippen LogP contribution >= 0.6 is 0 Å². The third kappa shape index (κ3) is 1.78. The van der Waals surface area contributed by atoms with Crippen molar-refractivity contribution in [2.75, 3.05) is 0 Å². The molecule has 1 aliphatic heterocycles. The summed E-state index contributed by atoms with van der Waals surface area (Å²) in [5, 5.41) is 3.32. The molecule has 4 heteroatoms. The molecular formula is C14H16N4. The van der Waals surface area contributed by atoms with Gasteiger partial charge in [0, 0.05) is 42.3 Å². The number of nitrogens with one attached hydrogen (secondary N) is 1. The predicted molar refractivity (Wildman–Crippen MR) is 69.9 cm³/mol. The minimum Gasteiger partial charge on any atom is -0.307 e. The van der Waals surface area contributed by atoms with Crippen molar-refractivity contribution in [1.29, 1.82) is 0 Å². The van der Waals surface area contributed by atoms with Crippen molar-refractivity contribution >= 4 is 0 Å². The Bertz CT molecular complexity index is 592. The first-order valence-corrected chi connectivity index (χ1v) is 6.30. The maximum absolute atomic E-state index is 4.69. The van der Waals surface area contributed by atoms with Crippen molar-refractivity contribution in [3.8, 4) is 11.4 Å². The molecule has 0 bridgehead atoms. The first kappa shape index (κ1) is 11.3. The zero-order valence-corrected chi connectivity index (χ0v) is 10.7. The fourth-order valence-electron chi connectivity index (χ4n) is 2.39. The van der Waals surface area contributed by atoms with Crippen molar-refractivity contribution in [2.24, 2.45) is 0 Å². The Morgan fingerprint density at radius 1 is 1.28 bits per heavy atom. The zero-order chi connectivity index (χ0) is 12.5. The van der Waals surface area contributed by atoms with E-state index in [2.05, 4.69) is 29.1 Å². The molecule has 0 saturated carbocycles. The Morgan fingerprint density at radius 3 is 3.00 bits per heavy atom. The molecule has 4 nitrogen and oxygen atoms in total. The molecule has 0 amide bonds. The van der Waals surface area contributed by atoms with Crippen molar-refractivity contribution in [1.82, 2.24) is 20.3 Å². The van der Waals surface area contributed by atoms with E-state index in [1.54, 1.807) is 6.20 Å². The van der Waals surface area contributed by atoms with Gasteiger partial charge in [-0.25, -0.2) is 9.97 Å². The summed E-state index contributed by atoms with van der Waals surface area (Å²) >= 11 is 0. The van der Waals surface area contributed by atoms with Crippen LogP contribution in [0.5, 0.6) is 0 Å². The highest BCUT2D eigenvalue weighted by molar-refractivity contribution is 5.60. The summed E-state index contributed by atoms with van der Waals surface area (Å²) in [6.07, 6.45) is 4.65. The molecule has 0 aliphatic carbocycles.